The van der Waals surface area contributed by atoms with E-state index in [2.05, 4.69) is 10.2 Å². The summed E-state index contributed by atoms with van der Waals surface area (Å²) in [7, 11) is 3.02. The van der Waals surface area contributed by atoms with E-state index in [1.165, 1.54) is 44.2 Å². The molecule has 10 nitrogen and oxygen atoms in total. The van der Waals surface area contributed by atoms with Gasteiger partial charge in [-0.05, 0) is 53.7 Å². The number of hydrogen-bond acceptors (Lipinski definition) is 10. The van der Waals surface area contributed by atoms with Gasteiger partial charge in [0, 0.05) is 33.6 Å². The second kappa shape index (κ2) is 11.6. The number of aromatic nitrogens is 2. The topological polar surface area (TPSA) is 138 Å². The number of nitro benzene ring substituents is 1. The molecule has 188 valence electrons. The van der Waals surface area contributed by atoms with Crippen LogP contribution in [0.5, 0.6) is 11.5 Å². The van der Waals surface area contributed by atoms with Gasteiger partial charge < -0.3 is 19.0 Å². The van der Waals surface area contributed by atoms with Crippen LogP contribution in [0.2, 0.25) is 0 Å². The Morgan fingerprint density at radius 2 is 1.73 bits per heavy atom. The molecule has 4 rings (SSSR count). The first-order valence-electron chi connectivity index (χ1n) is 10.6. The Bertz CT molecular complexity index is 1450. The Morgan fingerprint density at radius 1 is 1.03 bits per heavy atom. The molecule has 37 heavy (non-hydrogen) atoms. The van der Waals surface area contributed by atoms with E-state index in [4.69, 9.17) is 13.9 Å². The van der Waals surface area contributed by atoms with E-state index in [1.54, 1.807) is 24.3 Å². The van der Waals surface area contributed by atoms with E-state index < -0.39 is 10.9 Å². The molecule has 0 spiro atoms. The maximum absolute atomic E-state index is 12.1. The van der Waals surface area contributed by atoms with Gasteiger partial charge in [-0.25, -0.2) is 4.79 Å². The molecule has 0 radical (unpaired) electrons. The lowest BCUT2D eigenvalue weighted by Crippen LogP contribution is -1.98. The second-order valence-corrected chi connectivity index (χ2v) is 9.39. The summed E-state index contributed by atoms with van der Waals surface area (Å²) in [6.07, 6.45) is 1.35. The molecule has 0 unspecified atom stereocenters. The van der Waals surface area contributed by atoms with Crippen molar-refractivity contribution in [2.24, 2.45) is 0 Å². The number of non-ortho nitro benzene ring substituents is 1. The van der Waals surface area contributed by atoms with Crippen LogP contribution in [0, 0.1) is 10.1 Å². The molecule has 3 aromatic carbocycles. The highest BCUT2D eigenvalue weighted by Gasteiger charge is 2.19. The van der Waals surface area contributed by atoms with Crippen molar-refractivity contribution in [3.63, 3.8) is 0 Å². The molecule has 0 aliphatic carbocycles. The number of nitrogens with zero attached hydrogens (tertiary/aromatic N) is 3. The Hall–Kier alpha value is -4.29. The highest BCUT2D eigenvalue weighted by molar-refractivity contribution is 8.03. The second-order valence-electron chi connectivity index (χ2n) is 7.28. The summed E-state index contributed by atoms with van der Waals surface area (Å²) in [4.78, 5) is 24.3. The Labute approximate surface area is 219 Å². The molecule has 12 heteroatoms. The van der Waals surface area contributed by atoms with Gasteiger partial charge in [0.1, 0.15) is 16.4 Å². The minimum absolute atomic E-state index is 0.0202. The van der Waals surface area contributed by atoms with E-state index in [9.17, 15) is 20.0 Å². The Morgan fingerprint density at radius 3 is 2.35 bits per heavy atom. The fourth-order valence-electron chi connectivity index (χ4n) is 3.14. The van der Waals surface area contributed by atoms with Crippen LogP contribution in [0.1, 0.15) is 5.56 Å². The van der Waals surface area contributed by atoms with Crippen LogP contribution in [0.3, 0.4) is 0 Å². The summed E-state index contributed by atoms with van der Waals surface area (Å²) in [6, 6.07) is 18.7. The lowest BCUT2D eigenvalue weighted by atomic mass is 10.2. The van der Waals surface area contributed by atoms with E-state index in [-0.39, 0.29) is 21.7 Å². The molecule has 0 atom stereocenters. The molecular weight excluding hydrogens is 518 g/mol. The standard InChI is InChI=1S/C25H19N3O7S2/c1-33-18-11-16(12-19(14-18)34-2)23-26-27-25(35-23)37-22(24(29)30)13-15-10-17(28(31)32)8-9-21(15)36-20-6-4-3-5-7-20/h3-14H,1-2H3,(H,29,30)/b22-13+. The van der Waals surface area contributed by atoms with Gasteiger partial charge in [-0.1, -0.05) is 30.0 Å². The third-order valence-electron chi connectivity index (χ3n) is 4.87. The summed E-state index contributed by atoms with van der Waals surface area (Å²) in [5.41, 5.74) is 0.729. The first-order valence-corrected chi connectivity index (χ1v) is 12.2. The highest BCUT2D eigenvalue weighted by atomic mass is 32.2. The van der Waals surface area contributed by atoms with Gasteiger partial charge in [-0.2, -0.15) is 0 Å². The number of carboxylic acids is 1. The first-order chi connectivity index (χ1) is 17.9. The summed E-state index contributed by atoms with van der Waals surface area (Å²) >= 11 is 2.09. The van der Waals surface area contributed by atoms with Crippen LogP contribution >= 0.6 is 23.5 Å². The molecule has 0 saturated heterocycles. The summed E-state index contributed by atoms with van der Waals surface area (Å²) < 4.78 is 16.2. The molecule has 0 amide bonds. The summed E-state index contributed by atoms with van der Waals surface area (Å²) in [5, 5.41) is 29.2. The zero-order valence-corrected chi connectivity index (χ0v) is 21.1. The number of carboxylic acid groups (broad SMARTS) is 1. The third-order valence-corrected chi connectivity index (χ3v) is 6.83. The van der Waals surface area contributed by atoms with Crippen molar-refractivity contribution < 1.29 is 28.7 Å². The Kier molecular flexibility index (Phi) is 8.11. The molecule has 1 N–H and O–H groups in total. The SMILES string of the molecule is COc1cc(OC)cc(-c2nnc(S/C(=C/c3cc([N+](=O)[O-])ccc3Sc3ccccc3)C(=O)O)o2)c1. The minimum Gasteiger partial charge on any atom is -0.497 e. The molecule has 1 heterocycles. The van der Waals surface area contributed by atoms with Crippen LogP contribution in [-0.4, -0.2) is 40.4 Å². The quantitative estimate of drug-likeness (QED) is 0.110. The first kappa shape index (κ1) is 25.8. The number of benzene rings is 3. The summed E-state index contributed by atoms with van der Waals surface area (Å²) in [6.45, 7) is 0. The number of thioether (sulfide) groups is 1. The fourth-order valence-corrected chi connectivity index (χ4v) is 4.72. The number of carbonyl (C=O) groups is 1. The van der Waals surface area contributed by atoms with Crippen LogP contribution in [0.4, 0.5) is 5.69 Å². The number of methoxy groups -OCH3 is 2. The minimum atomic E-state index is -1.25. The van der Waals surface area contributed by atoms with Crippen molar-refractivity contribution in [1.82, 2.24) is 10.2 Å². The lowest BCUT2D eigenvalue weighted by molar-refractivity contribution is -0.384. The third kappa shape index (κ3) is 6.48. The molecule has 0 fully saturated rings. The predicted octanol–water partition coefficient (Wildman–Crippen LogP) is 6.03. The fraction of sp³-hybridized carbons (Fsp3) is 0.0800. The Balaban J connectivity index is 1.67. The molecule has 0 aliphatic heterocycles. The van der Waals surface area contributed by atoms with Crippen molar-refractivity contribution in [3.05, 3.63) is 87.3 Å². The average Bonchev–Trinajstić information content (AvgIpc) is 3.38. The van der Waals surface area contributed by atoms with Gasteiger partial charge in [0.15, 0.2) is 0 Å². The van der Waals surface area contributed by atoms with Gasteiger partial charge in [0.25, 0.3) is 10.9 Å². The highest BCUT2D eigenvalue weighted by Crippen LogP contribution is 2.37. The maximum Gasteiger partial charge on any atom is 0.342 e. The van der Waals surface area contributed by atoms with Crippen LogP contribution in [-0.2, 0) is 4.79 Å². The predicted molar refractivity (Wildman–Crippen MR) is 138 cm³/mol. The zero-order valence-electron chi connectivity index (χ0n) is 19.5. The smallest absolute Gasteiger partial charge is 0.342 e. The van der Waals surface area contributed by atoms with Crippen molar-refractivity contribution in [2.45, 2.75) is 15.0 Å². The molecule has 0 saturated carbocycles. The van der Waals surface area contributed by atoms with Crippen LogP contribution < -0.4 is 9.47 Å². The number of hydrogen-bond donors (Lipinski definition) is 1. The van der Waals surface area contributed by atoms with E-state index >= 15 is 0 Å². The van der Waals surface area contributed by atoms with Crippen molar-refractivity contribution in [2.75, 3.05) is 14.2 Å². The van der Waals surface area contributed by atoms with E-state index in [1.807, 2.05) is 30.3 Å². The summed E-state index contributed by atoms with van der Waals surface area (Å²) in [5.74, 6) is -0.0842. The van der Waals surface area contributed by atoms with Gasteiger partial charge in [-0.3, -0.25) is 10.1 Å². The number of nitro groups is 1. The van der Waals surface area contributed by atoms with Crippen LogP contribution in [0.25, 0.3) is 17.5 Å². The molecule has 1 aromatic heterocycles. The lowest BCUT2D eigenvalue weighted by Gasteiger charge is -2.07. The largest absolute Gasteiger partial charge is 0.497 e. The molecule has 4 aromatic rings. The monoisotopic (exact) mass is 537 g/mol. The van der Waals surface area contributed by atoms with Gasteiger partial charge >= 0.3 is 5.97 Å². The molecule has 0 bridgehead atoms. The number of rotatable bonds is 10. The van der Waals surface area contributed by atoms with Crippen molar-refractivity contribution in [3.8, 4) is 23.0 Å². The normalized spacial score (nSPS) is 11.2. The van der Waals surface area contributed by atoms with Gasteiger partial charge in [0.05, 0.1) is 19.1 Å². The van der Waals surface area contributed by atoms with Gasteiger partial charge in [0.2, 0.25) is 5.89 Å². The zero-order chi connectivity index (χ0) is 26.4. The average molecular weight is 538 g/mol. The number of aliphatic carboxylic acids is 1. The number of ether oxygens (including phenoxy) is 2. The van der Waals surface area contributed by atoms with Crippen molar-refractivity contribution in [1.29, 1.82) is 0 Å². The van der Waals surface area contributed by atoms with Gasteiger partial charge in [-0.15, -0.1) is 10.2 Å². The van der Waals surface area contributed by atoms with E-state index in [0.717, 1.165) is 16.7 Å². The van der Waals surface area contributed by atoms with Crippen molar-refractivity contribution >= 4 is 41.3 Å². The van der Waals surface area contributed by atoms with Crippen LogP contribution in [0.15, 0.2) is 91.1 Å². The molecular formula is C25H19N3O7S2. The molecule has 0 aliphatic rings. The van der Waals surface area contributed by atoms with E-state index in [0.29, 0.717) is 27.5 Å². The maximum atomic E-state index is 12.1.